The van der Waals surface area contributed by atoms with Gasteiger partial charge in [-0.05, 0) is 25.9 Å². The van der Waals surface area contributed by atoms with Crippen molar-refractivity contribution in [3.8, 4) is 0 Å². The second-order valence-electron chi connectivity index (χ2n) is 4.44. The van der Waals surface area contributed by atoms with Crippen LogP contribution in [0.25, 0.3) is 0 Å². The summed E-state index contributed by atoms with van der Waals surface area (Å²) in [5.74, 6) is -0.113. The summed E-state index contributed by atoms with van der Waals surface area (Å²) in [5.41, 5.74) is 0. The van der Waals surface area contributed by atoms with Gasteiger partial charge in [0.2, 0.25) is 5.91 Å². The van der Waals surface area contributed by atoms with E-state index in [1.54, 1.807) is 11.9 Å². The van der Waals surface area contributed by atoms with E-state index < -0.39 is 5.97 Å². The minimum absolute atomic E-state index is 0.157. The number of methoxy groups -OCH3 is 1. The van der Waals surface area contributed by atoms with Gasteiger partial charge in [0.05, 0.1) is 7.11 Å². The zero-order valence-corrected chi connectivity index (χ0v) is 10.2. The summed E-state index contributed by atoms with van der Waals surface area (Å²) in [5, 5.41) is 0. The molecule has 1 aliphatic heterocycles. The normalized spacial score (nSPS) is 20.8. The first-order valence-corrected chi connectivity index (χ1v) is 5.52. The molecule has 5 nitrogen and oxygen atoms in total. The van der Waals surface area contributed by atoms with Crippen molar-refractivity contribution in [1.29, 1.82) is 0 Å². The molecule has 1 atom stereocenters. The number of carbonyl (C=O) groups excluding carboxylic acids is 2. The summed E-state index contributed by atoms with van der Waals surface area (Å²) < 4.78 is 4.46. The summed E-state index contributed by atoms with van der Waals surface area (Å²) in [6.07, 6.45) is 0.960. The fraction of sp³-hybridized carbons (Fsp3) is 0.818. The number of amides is 1. The Morgan fingerprint density at radius 1 is 1.50 bits per heavy atom. The Hall–Kier alpha value is -1.10. The molecular formula is C11H20N2O3. The average molecular weight is 228 g/mol. The summed E-state index contributed by atoms with van der Waals surface area (Å²) >= 11 is 0. The summed E-state index contributed by atoms with van der Waals surface area (Å²) in [6.45, 7) is 2.83. The molecule has 0 aromatic carbocycles. The summed E-state index contributed by atoms with van der Waals surface area (Å²) in [7, 11) is 5.11. The number of hydrogen-bond donors (Lipinski definition) is 0. The molecule has 0 aromatic rings. The van der Waals surface area contributed by atoms with Crippen LogP contribution in [-0.2, 0) is 14.3 Å². The van der Waals surface area contributed by atoms with E-state index in [4.69, 9.17) is 0 Å². The minimum Gasteiger partial charge on any atom is -0.469 e. The Morgan fingerprint density at radius 2 is 2.19 bits per heavy atom. The molecule has 92 valence electrons. The molecule has 1 amide bonds. The average Bonchev–Trinajstić information content (AvgIpc) is 2.63. The topological polar surface area (TPSA) is 49.9 Å². The van der Waals surface area contributed by atoms with Crippen LogP contribution in [-0.4, -0.2) is 62.5 Å². The van der Waals surface area contributed by atoms with Gasteiger partial charge in [-0.25, -0.2) is 0 Å². The van der Waals surface area contributed by atoms with E-state index in [2.05, 4.69) is 16.7 Å². The molecule has 1 unspecified atom stereocenters. The number of nitrogens with zero attached hydrogens (tertiary/aromatic N) is 2. The summed E-state index contributed by atoms with van der Waals surface area (Å²) in [4.78, 5) is 26.4. The predicted octanol–water partition coefficient (Wildman–Crippen LogP) is -0.0404. The molecule has 1 rings (SSSR count). The van der Waals surface area contributed by atoms with E-state index in [9.17, 15) is 9.59 Å². The zero-order chi connectivity index (χ0) is 12.1. The van der Waals surface area contributed by atoms with Crippen molar-refractivity contribution in [2.75, 3.05) is 40.8 Å². The highest BCUT2D eigenvalue weighted by Gasteiger charge is 2.23. The SMILES string of the molecule is COC(=O)CC(=O)N(C)CC1CCN(C)C1. The lowest BCUT2D eigenvalue weighted by atomic mass is 10.1. The van der Waals surface area contributed by atoms with Gasteiger partial charge >= 0.3 is 5.97 Å². The molecule has 1 saturated heterocycles. The van der Waals surface area contributed by atoms with E-state index in [0.717, 1.165) is 26.1 Å². The van der Waals surface area contributed by atoms with Crippen LogP contribution in [0, 0.1) is 5.92 Å². The third-order valence-electron chi connectivity index (χ3n) is 2.97. The number of rotatable bonds is 4. The molecule has 16 heavy (non-hydrogen) atoms. The van der Waals surface area contributed by atoms with E-state index in [1.807, 2.05) is 0 Å². The second-order valence-corrected chi connectivity index (χ2v) is 4.44. The van der Waals surface area contributed by atoms with Gasteiger partial charge in [0, 0.05) is 20.1 Å². The van der Waals surface area contributed by atoms with E-state index in [-0.39, 0.29) is 12.3 Å². The van der Waals surface area contributed by atoms with Gasteiger partial charge in [-0.2, -0.15) is 0 Å². The van der Waals surface area contributed by atoms with Crippen LogP contribution in [0.2, 0.25) is 0 Å². The van der Waals surface area contributed by atoms with Gasteiger partial charge in [-0.1, -0.05) is 0 Å². The molecule has 0 aliphatic carbocycles. The van der Waals surface area contributed by atoms with Crippen LogP contribution in [0.4, 0.5) is 0 Å². The van der Waals surface area contributed by atoms with E-state index in [0.29, 0.717) is 5.92 Å². The van der Waals surface area contributed by atoms with Crippen molar-refractivity contribution in [3.05, 3.63) is 0 Å². The van der Waals surface area contributed by atoms with Crippen LogP contribution in [0.3, 0.4) is 0 Å². The van der Waals surface area contributed by atoms with Crippen LogP contribution < -0.4 is 0 Å². The van der Waals surface area contributed by atoms with Crippen molar-refractivity contribution in [2.24, 2.45) is 5.92 Å². The molecule has 1 aliphatic rings. The molecular weight excluding hydrogens is 208 g/mol. The van der Waals surface area contributed by atoms with E-state index in [1.165, 1.54) is 7.11 Å². The van der Waals surface area contributed by atoms with Crippen LogP contribution >= 0.6 is 0 Å². The van der Waals surface area contributed by atoms with Gasteiger partial charge in [0.15, 0.2) is 0 Å². The Labute approximate surface area is 96.3 Å². The zero-order valence-electron chi connectivity index (χ0n) is 10.2. The summed E-state index contributed by atoms with van der Waals surface area (Å²) in [6, 6.07) is 0. The number of likely N-dealkylation sites (tertiary alicyclic amines) is 1. The first kappa shape index (κ1) is 13.0. The first-order chi connectivity index (χ1) is 7.52. The minimum atomic E-state index is -0.472. The maximum atomic E-state index is 11.6. The van der Waals surface area contributed by atoms with Gasteiger partial charge in [0.25, 0.3) is 0 Å². The molecule has 0 radical (unpaired) electrons. The fourth-order valence-corrected chi connectivity index (χ4v) is 2.00. The maximum absolute atomic E-state index is 11.6. The maximum Gasteiger partial charge on any atom is 0.315 e. The van der Waals surface area contributed by atoms with Crippen LogP contribution in [0.5, 0.6) is 0 Å². The lowest BCUT2D eigenvalue weighted by Gasteiger charge is -2.20. The smallest absolute Gasteiger partial charge is 0.315 e. The van der Waals surface area contributed by atoms with Crippen LogP contribution in [0.15, 0.2) is 0 Å². The number of ether oxygens (including phenoxy) is 1. The molecule has 1 fully saturated rings. The fourth-order valence-electron chi connectivity index (χ4n) is 2.00. The largest absolute Gasteiger partial charge is 0.469 e. The van der Waals surface area contributed by atoms with E-state index >= 15 is 0 Å². The first-order valence-electron chi connectivity index (χ1n) is 5.52. The van der Waals surface area contributed by atoms with Crippen molar-refractivity contribution >= 4 is 11.9 Å². The Bertz CT molecular complexity index is 268. The lowest BCUT2D eigenvalue weighted by Crippen LogP contribution is -2.34. The predicted molar refractivity (Wildman–Crippen MR) is 59.9 cm³/mol. The molecule has 0 spiro atoms. The van der Waals surface area contributed by atoms with Crippen LogP contribution in [0.1, 0.15) is 12.8 Å². The van der Waals surface area contributed by atoms with Gasteiger partial charge in [-0.3, -0.25) is 9.59 Å². The lowest BCUT2D eigenvalue weighted by molar-refractivity contribution is -0.146. The molecule has 0 aromatic heterocycles. The van der Waals surface area contributed by atoms with Gasteiger partial charge in [0.1, 0.15) is 6.42 Å². The highest BCUT2D eigenvalue weighted by Crippen LogP contribution is 2.15. The number of carbonyl (C=O) groups is 2. The van der Waals surface area contributed by atoms with Crippen molar-refractivity contribution in [3.63, 3.8) is 0 Å². The van der Waals surface area contributed by atoms with Gasteiger partial charge < -0.3 is 14.5 Å². The standard InChI is InChI=1S/C11H20N2O3/c1-12-5-4-9(7-12)8-13(2)10(14)6-11(15)16-3/h9H,4-8H2,1-3H3. The molecule has 5 heteroatoms. The molecule has 0 saturated carbocycles. The Balaban J connectivity index is 2.31. The quantitative estimate of drug-likeness (QED) is 0.500. The van der Waals surface area contributed by atoms with Crippen molar-refractivity contribution in [2.45, 2.75) is 12.8 Å². The third kappa shape index (κ3) is 3.81. The number of hydrogen-bond acceptors (Lipinski definition) is 4. The highest BCUT2D eigenvalue weighted by molar-refractivity contribution is 5.94. The molecule has 1 heterocycles. The number of esters is 1. The van der Waals surface area contributed by atoms with Gasteiger partial charge in [-0.15, -0.1) is 0 Å². The second kappa shape index (κ2) is 5.84. The van der Waals surface area contributed by atoms with Crippen molar-refractivity contribution < 1.29 is 14.3 Å². The molecule has 0 bridgehead atoms. The molecule has 0 N–H and O–H groups in total. The monoisotopic (exact) mass is 228 g/mol. The Morgan fingerprint density at radius 3 is 2.69 bits per heavy atom. The Kier molecular flexibility index (Phi) is 4.73. The third-order valence-corrected chi connectivity index (χ3v) is 2.97. The highest BCUT2D eigenvalue weighted by atomic mass is 16.5. The van der Waals surface area contributed by atoms with Crippen molar-refractivity contribution in [1.82, 2.24) is 9.80 Å².